The van der Waals surface area contributed by atoms with E-state index in [1.165, 1.54) is 42.5 Å². The molecule has 1 heteroatoms. The Morgan fingerprint density at radius 3 is 2.73 bits per heavy atom. The SMILES string of the molecule is CCCCC#Cc1csc(CCCC)c1. The molecule has 0 aliphatic carbocycles. The maximum atomic E-state index is 3.24. The van der Waals surface area contributed by atoms with Gasteiger partial charge in [0.1, 0.15) is 0 Å². The van der Waals surface area contributed by atoms with E-state index in [0.717, 1.165) is 6.42 Å². The predicted octanol–water partition coefficient (Wildman–Crippen LogP) is 4.63. The Bertz CT molecular complexity index is 325. The lowest BCUT2D eigenvalue weighted by Crippen LogP contribution is -1.77. The maximum absolute atomic E-state index is 3.24. The molecule has 0 aromatic carbocycles. The summed E-state index contributed by atoms with van der Waals surface area (Å²) in [5.74, 6) is 6.47. The second kappa shape index (κ2) is 7.54. The highest BCUT2D eigenvalue weighted by Crippen LogP contribution is 2.16. The van der Waals surface area contributed by atoms with Crippen LogP contribution in [-0.4, -0.2) is 0 Å². The van der Waals surface area contributed by atoms with Gasteiger partial charge in [-0.15, -0.1) is 11.3 Å². The minimum absolute atomic E-state index is 1.04. The molecule has 0 aliphatic rings. The van der Waals surface area contributed by atoms with E-state index in [4.69, 9.17) is 0 Å². The van der Waals surface area contributed by atoms with Gasteiger partial charge >= 0.3 is 0 Å². The van der Waals surface area contributed by atoms with Crippen molar-refractivity contribution in [3.63, 3.8) is 0 Å². The van der Waals surface area contributed by atoms with Crippen LogP contribution in [0.15, 0.2) is 11.4 Å². The Kier molecular flexibility index (Phi) is 6.20. The van der Waals surface area contributed by atoms with Crippen molar-refractivity contribution >= 4 is 11.3 Å². The highest BCUT2D eigenvalue weighted by atomic mass is 32.1. The van der Waals surface area contributed by atoms with Gasteiger partial charge in [-0.05, 0) is 25.3 Å². The second-order valence-corrected chi connectivity index (χ2v) is 4.81. The fourth-order valence-corrected chi connectivity index (χ4v) is 2.22. The Labute approximate surface area is 97.7 Å². The molecule has 0 saturated heterocycles. The molecule has 1 aromatic heterocycles. The molecule has 0 spiro atoms. The second-order valence-electron chi connectivity index (χ2n) is 3.81. The molecule has 0 bridgehead atoms. The third-order valence-corrected chi connectivity index (χ3v) is 3.32. The summed E-state index contributed by atoms with van der Waals surface area (Å²) in [5.41, 5.74) is 1.21. The standard InChI is InChI=1S/C14H20S/c1-3-5-7-8-9-13-11-14(15-12-13)10-6-4-2/h11-12H,3-7,10H2,1-2H3. The molecule has 0 atom stereocenters. The van der Waals surface area contributed by atoms with Gasteiger partial charge in [0.05, 0.1) is 0 Å². The number of unbranched alkanes of at least 4 members (excludes halogenated alkanes) is 3. The average Bonchev–Trinajstić information content (AvgIpc) is 2.69. The fraction of sp³-hybridized carbons (Fsp3) is 0.571. The first-order chi connectivity index (χ1) is 7.36. The van der Waals surface area contributed by atoms with Gasteiger partial charge in [-0.1, -0.05) is 38.5 Å². The highest BCUT2D eigenvalue weighted by Gasteiger charge is 1.96. The smallest absolute Gasteiger partial charge is 0.0355 e. The topological polar surface area (TPSA) is 0 Å². The van der Waals surface area contributed by atoms with Crippen LogP contribution in [0, 0.1) is 11.8 Å². The quantitative estimate of drug-likeness (QED) is 0.501. The van der Waals surface area contributed by atoms with Crippen molar-refractivity contribution in [3.8, 4) is 11.8 Å². The van der Waals surface area contributed by atoms with Crippen LogP contribution in [0.3, 0.4) is 0 Å². The Hall–Kier alpha value is -0.740. The largest absolute Gasteiger partial charge is 0.148 e. The Morgan fingerprint density at radius 2 is 2.00 bits per heavy atom. The Balaban J connectivity index is 2.40. The van der Waals surface area contributed by atoms with E-state index in [0.29, 0.717) is 0 Å². The van der Waals surface area contributed by atoms with Crippen LogP contribution in [0.5, 0.6) is 0 Å². The third kappa shape index (κ3) is 5.04. The van der Waals surface area contributed by atoms with Gasteiger partial charge < -0.3 is 0 Å². The number of rotatable bonds is 5. The molecule has 0 unspecified atom stereocenters. The lowest BCUT2D eigenvalue weighted by molar-refractivity contribution is 0.804. The van der Waals surface area contributed by atoms with Crippen molar-refractivity contribution in [1.29, 1.82) is 0 Å². The van der Waals surface area contributed by atoms with E-state index >= 15 is 0 Å². The van der Waals surface area contributed by atoms with E-state index in [-0.39, 0.29) is 0 Å². The van der Waals surface area contributed by atoms with E-state index in [1.807, 2.05) is 11.3 Å². The number of hydrogen-bond donors (Lipinski definition) is 0. The summed E-state index contributed by atoms with van der Waals surface area (Å²) in [7, 11) is 0. The first-order valence-electron chi connectivity index (χ1n) is 5.93. The van der Waals surface area contributed by atoms with Gasteiger partial charge in [0.2, 0.25) is 0 Å². The lowest BCUT2D eigenvalue weighted by Gasteiger charge is -1.90. The molecule has 0 amide bonds. The molecule has 1 rings (SSSR count). The zero-order chi connectivity index (χ0) is 10.9. The molecule has 0 N–H and O–H groups in total. The van der Waals surface area contributed by atoms with Gasteiger partial charge in [0, 0.05) is 22.2 Å². The third-order valence-electron chi connectivity index (χ3n) is 2.32. The average molecular weight is 220 g/mol. The summed E-state index contributed by atoms with van der Waals surface area (Å²) in [6, 6.07) is 2.25. The van der Waals surface area contributed by atoms with Gasteiger partial charge in [-0.2, -0.15) is 0 Å². The summed E-state index contributed by atoms with van der Waals surface area (Å²) >= 11 is 1.85. The summed E-state index contributed by atoms with van der Waals surface area (Å²) < 4.78 is 0. The highest BCUT2D eigenvalue weighted by molar-refractivity contribution is 7.10. The molecule has 1 heterocycles. The van der Waals surface area contributed by atoms with Crippen molar-refractivity contribution in [1.82, 2.24) is 0 Å². The molecule has 0 saturated carbocycles. The first kappa shape index (κ1) is 12.3. The molecule has 0 aliphatic heterocycles. The molecule has 0 fully saturated rings. The molecular formula is C14H20S. The predicted molar refractivity (Wildman–Crippen MR) is 69.3 cm³/mol. The molecular weight excluding hydrogens is 200 g/mol. The molecule has 0 radical (unpaired) electrons. The van der Waals surface area contributed by atoms with E-state index in [1.54, 1.807) is 0 Å². The number of thiophene rings is 1. The van der Waals surface area contributed by atoms with Gasteiger partial charge in [0.25, 0.3) is 0 Å². The maximum Gasteiger partial charge on any atom is 0.0355 e. The first-order valence-corrected chi connectivity index (χ1v) is 6.81. The number of aryl methyl sites for hydroxylation is 1. The van der Waals surface area contributed by atoms with Crippen LogP contribution in [0.4, 0.5) is 0 Å². The van der Waals surface area contributed by atoms with E-state index in [9.17, 15) is 0 Å². The van der Waals surface area contributed by atoms with Crippen molar-refractivity contribution < 1.29 is 0 Å². The van der Waals surface area contributed by atoms with Crippen molar-refractivity contribution in [3.05, 3.63) is 21.9 Å². The molecule has 82 valence electrons. The van der Waals surface area contributed by atoms with Crippen LogP contribution in [-0.2, 0) is 6.42 Å². The van der Waals surface area contributed by atoms with Crippen molar-refractivity contribution in [2.75, 3.05) is 0 Å². The minimum atomic E-state index is 1.04. The normalized spacial score (nSPS) is 9.73. The fourth-order valence-electron chi connectivity index (χ4n) is 1.36. The van der Waals surface area contributed by atoms with Crippen LogP contribution in [0.1, 0.15) is 56.4 Å². The Morgan fingerprint density at radius 1 is 1.20 bits per heavy atom. The van der Waals surface area contributed by atoms with Crippen molar-refractivity contribution in [2.45, 2.75) is 52.4 Å². The molecule has 1 aromatic rings. The van der Waals surface area contributed by atoms with Gasteiger partial charge in [-0.3, -0.25) is 0 Å². The van der Waals surface area contributed by atoms with Gasteiger partial charge in [-0.25, -0.2) is 0 Å². The van der Waals surface area contributed by atoms with Crippen LogP contribution in [0.25, 0.3) is 0 Å². The summed E-state index contributed by atoms with van der Waals surface area (Å²) in [4.78, 5) is 1.48. The zero-order valence-electron chi connectivity index (χ0n) is 9.81. The van der Waals surface area contributed by atoms with Gasteiger partial charge in [0.15, 0.2) is 0 Å². The monoisotopic (exact) mass is 220 g/mol. The summed E-state index contributed by atoms with van der Waals surface area (Å²) in [6.45, 7) is 4.44. The van der Waals surface area contributed by atoms with E-state index in [2.05, 4.69) is 37.1 Å². The van der Waals surface area contributed by atoms with Crippen LogP contribution in [0.2, 0.25) is 0 Å². The zero-order valence-corrected chi connectivity index (χ0v) is 10.6. The summed E-state index contributed by atoms with van der Waals surface area (Å²) in [6.07, 6.45) is 7.28. The van der Waals surface area contributed by atoms with E-state index < -0.39 is 0 Å². The van der Waals surface area contributed by atoms with Crippen LogP contribution < -0.4 is 0 Å². The van der Waals surface area contributed by atoms with Crippen LogP contribution >= 0.6 is 11.3 Å². The minimum Gasteiger partial charge on any atom is -0.148 e. The number of hydrogen-bond acceptors (Lipinski definition) is 1. The van der Waals surface area contributed by atoms with Crippen molar-refractivity contribution in [2.24, 2.45) is 0 Å². The molecule has 15 heavy (non-hydrogen) atoms. The lowest BCUT2D eigenvalue weighted by atomic mass is 10.2. The molecule has 0 nitrogen and oxygen atoms in total. The summed E-state index contributed by atoms with van der Waals surface area (Å²) in [5, 5.41) is 2.18.